The van der Waals surface area contributed by atoms with Crippen molar-refractivity contribution >= 4 is 17.2 Å². The number of nitrogens with one attached hydrogen (secondary N) is 1. The van der Waals surface area contributed by atoms with E-state index in [4.69, 9.17) is 0 Å². The van der Waals surface area contributed by atoms with Crippen LogP contribution in [0.25, 0.3) is 0 Å². The van der Waals surface area contributed by atoms with E-state index in [0.717, 1.165) is 38.3 Å². The first-order valence-electron chi connectivity index (χ1n) is 9.85. The maximum absolute atomic E-state index is 12.4. The highest BCUT2D eigenvalue weighted by atomic mass is 32.1. The lowest BCUT2D eigenvalue weighted by Crippen LogP contribution is -2.50. The summed E-state index contributed by atoms with van der Waals surface area (Å²) in [5.74, 6) is 0.523. The number of rotatable bonds is 5. The minimum Gasteiger partial charge on any atom is -0.353 e. The van der Waals surface area contributed by atoms with Crippen molar-refractivity contribution in [3.63, 3.8) is 0 Å². The SMILES string of the molecule is Cc1csc(CN2CCC(N3CCC[C@H](C(=O)NC4CC4)C3)CC2)n1. The van der Waals surface area contributed by atoms with E-state index in [-0.39, 0.29) is 5.92 Å². The lowest BCUT2D eigenvalue weighted by molar-refractivity contribution is -0.127. The summed E-state index contributed by atoms with van der Waals surface area (Å²) in [5, 5.41) is 6.59. The van der Waals surface area contributed by atoms with Crippen LogP contribution in [0.4, 0.5) is 0 Å². The van der Waals surface area contributed by atoms with Gasteiger partial charge in [0.2, 0.25) is 5.91 Å². The van der Waals surface area contributed by atoms with Gasteiger partial charge in [-0.3, -0.25) is 14.6 Å². The van der Waals surface area contributed by atoms with E-state index in [2.05, 4.69) is 32.4 Å². The Hall–Kier alpha value is -0.980. The average molecular weight is 363 g/mol. The standard InChI is InChI=1S/C19H30N4OS/c1-14-13-25-18(20-14)12-22-9-6-17(7-10-22)23-8-2-3-15(11-23)19(24)21-16-4-5-16/h13,15-17H,2-12H2,1H3,(H,21,24)/t15-/m0/s1. The number of aromatic nitrogens is 1. The van der Waals surface area contributed by atoms with E-state index in [1.165, 1.54) is 43.7 Å². The number of thiazole rings is 1. The Labute approximate surface area is 154 Å². The van der Waals surface area contributed by atoms with E-state index in [1.54, 1.807) is 11.3 Å². The van der Waals surface area contributed by atoms with Crippen LogP contribution in [-0.4, -0.2) is 59.0 Å². The van der Waals surface area contributed by atoms with E-state index in [9.17, 15) is 4.79 Å². The molecule has 138 valence electrons. The van der Waals surface area contributed by atoms with Crippen molar-refractivity contribution in [2.45, 2.75) is 64.1 Å². The summed E-state index contributed by atoms with van der Waals surface area (Å²) < 4.78 is 0. The third kappa shape index (κ3) is 4.60. The molecule has 25 heavy (non-hydrogen) atoms. The maximum Gasteiger partial charge on any atom is 0.224 e. The van der Waals surface area contributed by atoms with Gasteiger partial charge in [0.25, 0.3) is 0 Å². The molecule has 1 aromatic heterocycles. The zero-order valence-corrected chi connectivity index (χ0v) is 16.1. The minimum absolute atomic E-state index is 0.214. The third-order valence-corrected chi connectivity index (χ3v) is 6.80. The number of likely N-dealkylation sites (tertiary alicyclic amines) is 2. The molecule has 0 bridgehead atoms. The molecule has 2 saturated heterocycles. The van der Waals surface area contributed by atoms with Gasteiger partial charge < -0.3 is 5.32 Å². The maximum atomic E-state index is 12.4. The molecule has 1 atom stereocenters. The molecule has 0 aromatic carbocycles. The van der Waals surface area contributed by atoms with Crippen molar-refractivity contribution in [1.29, 1.82) is 0 Å². The van der Waals surface area contributed by atoms with Crippen LogP contribution in [0.2, 0.25) is 0 Å². The number of hydrogen-bond donors (Lipinski definition) is 1. The molecule has 1 N–H and O–H groups in total. The molecule has 1 saturated carbocycles. The van der Waals surface area contributed by atoms with Crippen LogP contribution >= 0.6 is 11.3 Å². The van der Waals surface area contributed by atoms with Crippen molar-refractivity contribution in [2.24, 2.45) is 5.92 Å². The Morgan fingerprint density at radius 3 is 2.72 bits per heavy atom. The number of carbonyl (C=O) groups is 1. The van der Waals surface area contributed by atoms with Gasteiger partial charge in [-0.05, 0) is 52.0 Å². The molecule has 3 fully saturated rings. The lowest BCUT2D eigenvalue weighted by Gasteiger charge is -2.41. The van der Waals surface area contributed by atoms with E-state index in [0.29, 0.717) is 18.0 Å². The van der Waals surface area contributed by atoms with Crippen molar-refractivity contribution in [3.05, 3.63) is 16.1 Å². The highest BCUT2D eigenvalue weighted by Gasteiger charge is 2.33. The summed E-state index contributed by atoms with van der Waals surface area (Å²) in [5.41, 5.74) is 1.14. The van der Waals surface area contributed by atoms with Gasteiger partial charge in [0.05, 0.1) is 12.5 Å². The fraction of sp³-hybridized carbons (Fsp3) is 0.789. The Bertz CT molecular complexity index is 592. The molecule has 0 spiro atoms. The van der Waals surface area contributed by atoms with Gasteiger partial charge in [0, 0.05) is 42.8 Å². The molecule has 2 aliphatic heterocycles. The van der Waals surface area contributed by atoms with Crippen LogP contribution in [0.15, 0.2) is 5.38 Å². The summed E-state index contributed by atoms with van der Waals surface area (Å²) in [6, 6.07) is 1.14. The monoisotopic (exact) mass is 362 g/mol. The number of hydrogen-bond acceptors (Lipinski definition) is 5. The van der Waals surface area contributed by atoms with Gasteiger partial charge in [0.1, 0.15) is 5.01 Å². The number of nitrogens with zero attached hydrogens (tertiary/aromatic N) is 3. The second-order valence-corrected chi connectivity index (χ2v) is 8.95. The van der Waals surface area contributed by atoms with Crippen molar-refractivity contribution in [1.82, 2.24) is 20.1 Å². The molecule has 6 heteroatoms. The van der Waals surface area contributed by atoms with Crippen molar-refractivity contribution in [3.8, 4) is 0 Å². The molecule has 3 heterocycles. The smallest absolute Gasteiger partial charge is 0.224 e. The van der Waals surface area contributed by atoms with Gasteiger partial charge in [-0.2, -0.15) is 0 Å². The summed E-state index contributed by atoms with van der Waals surface area (Å²) in [6.07, 6.45) is 7.04. The van der Waals surface area contributed by atoms with E-state index in [1.807, 2.05) is 0 Å². The van der Waals surface area contributed by atoms with Gasteiger partial charge in [0.15, 0.2) is 0 Å². The first kappa shape index (κ1) is 17.4. The Morgan fingerprint density at radius 2 is 2.04 bits per heavy atom. The minimum atomic E-state index is 0.214. The molecule has 5 nitrogen and oxygen atoms in total. The van der Waals surface area contributed by atoms with E-state index >= 15 is 0 Å². The quantitative estimate of drug-likeness (QED) is 0.874. The van der Waals surface area contributed by atoms with Crippen molar-refractivity contribution < 1.29 is 4.79 Å². The Kier molecular flexibility index (Phi) is 5.39. The van der Waals surface area contributed by atoms with Crippen LogP contribution in [-0.2, 0) is 11.3 Å². The third-order valence-electron chi connectivity index (χ3n) is 5.85. The molecule has 1 aromatic rings. The van der Waals surface area contributed by atoms with Gasteiger partial charge in [-0.15, -0.1) is 11.3 Å². The molecule has 1 aliphatic carbocycles. The lowest BCUT2D eigenvalue weighted by atomic mass is 9.93. The predicted octanol–water partition coefficient (Wildman–Crippen LogP) is 2.41. The highest BCUT2D eigenvalue weighted by Crippen LogP contribution is 2.26. The summed E-state index contributed by atoms with van der Waals surface area (Å²) in [6.45, 7) is 7.51. The van der Waals surface area contributed by atoms with Crippen LogP contribution in [0.5, 0.6) is 0 Å². The topological polar surface area (TPSA) is 48.5 Å². The molecule has 0 radical (unpaired) electrons. The average Bonchev–Trinajstić information content (AvgIpc) is 3.35. The fourth-order valence-electron chi connectivity index (χ4n) is 4.21. The first-order valence-corrected chi connectivity index (χ1v) is 10.7. The van der Waals surface area contributed by atoms with Crippen LogP contribution in [0, 0.1) is 12.8 Å². The zero-order valence-electron chi connectivity index (χ0n) is 15.2. The summed E-state index contributed by atoms with van der Waals surface area (Å²) >= 11 is 1.78. The highest BCUT2D eigenvalue weighted by molar-refractivity contribution is 7.09. The Balaban J connectivity index is 1.24. The van der Waals surface area contributed by atoms with Gasteiger partial charge in [-0.25, -0.2) is 4.98 Å². The number of aryl methyl sites for hydroxylation is 1. The molecule has 0 unspecified atom stereocenters. The molecular formula is C19H30N4OS. The molecule has 4 rings (SSSR count). The zero-order chi connectivity index (χ0) is 17.2. The molecule has 1 amide bonds. The van der Waals surface area contributed by atoms with Gasteiger partial charge >= 0.3 is 0 Å². The number of amides is 1. The first-order chi connectivity index (χ1) is 12.2. The van der Waals surface area contributed by atoms with Crippen molar-refractivity contribution in [2.75, 3.05) is 26.2 Å². The predicted molar refractivity (Wildman–Crippen MR) is 101 cm³/mol. The van der Waals surface area contributed by atoms with Crippen LogP contribution in [0.1, 0.15) is 49.2 Å². The second-order valence-electron chi connectivity index (χ2n) is 8.01. The van der Waals surface area contributed by atoms with E-state index < -0.39 is 0 Å². The molecule has 3 aliphatic rings. The largest absolute Gasteiger partial charge is 0.353 e. The van der Waals surface area contributed by atoms with Crippen LogP contribution in [0.3, 0.4) is 0 Å². The molecular weight excluding hydrogens is 332 g/mol. The summed E-state index contributed by atoms with van der Waals surface area (Å²) in [4.78, 5) is 22.1. The normalized spacial score (nSPS) is 26.7. The Morgan fingerprint density at radius 1 is 1.24 bits per heavy atom. The van der Waals surface area contributed by atoms with Gasteiger partial charge in [-0.1, -0.05) is 0 Å². The summed E-state index contributed by atoms with van der Waals surface area (Å²) in [7, 11) is 0. The van der Waals surface area contributed by atoms with Crippen LogP contribution < -0.4 is 5.32 Å². The fourth-order valence-corrected chi connectivity index (χ4v) is 5.02. The second kappa shape index (κ2) is 7.72. The number of piperidine rings is 2. The number of carbonyl (C=O) groups excluding carboxylic acids is 1.